The van der Waals surface area contributed by atoms with Crippen molar-refractivity contribution >= 4 is 10.9 Å². The molecule has 1 heterocycles. The fourth-order valence-corrected chi connectivity index (χ4v) is 2.77. The van der Waals surface area contributed by atoms with Gasteiger partial charge in [-0.25, -0.2) is 0 Å². The molecule has 0 radical (unpaired) electrons. The molecule has 102 valence electrons. The van der Waals surface area contributed by atoms with Gasteiger partial charge in [0.2, 0.25) is 0 Å². The summed E-state index contributed by atoms with van der Waals surface area (Å²) in [5, 5.41) is 1.35. The molecule has 0 bridgehead atoms. The van der Waals surface area contributed by atoms with Crippen molar-refractivity contribution in [1.82, 2.24) is 4.57 Å². The first-order valence-corrected chi connectivity index (χ1v) is 7.34. The Morgan fingerprint density at radius 3 is 2.45 bits per heavy atom. The number of nitrogens with zero attached hydrogens (tertiary/aromatic N) is 1. The summed E-state index contributed by atoms with van der Waals surface area (Å²) in [5.41, 5.74) is 4.10. The molecule has 1 nitrogen and oxygen atoms in total. The molecule has 0 aliphatic carbocycles. The highest BCUT2D eigenvalue weighted by Crippen LogP contribution is 2.20. The lowest BCUT2D eigenvalue weighted by Gasteiger charge is -2.08. The molecular formula is C19H21N. The highest BCUT2D eigenvalue weighted by molar-refractivity contribution is 5.81. The molecule has 0 atom stereocenters. The standard InChI is InChI=1S/C19H21N/c1-15(2)12-17-8-9-19-18(13-17)10-11-20(19)14-16-6-4-3-5-7-16/h3-11,13,15H,12,14H2,1-2H3. The summed E-state index contributed by atoms with van der Waals surface area (Å²) in [4.78, 5) is 0. The molecule has 20 heavy (non-hydrogen) atoms. The molecule has 2 aromatic carbocycles. The molecule has 0 spiro atoms. The van der Waals surface area contributed by atoms with Crippen LogP contribution in [0.1, 0.15) is 25.0 Å². The van der Waals surface area contributed by atoms with Crippen molar-refractivity contribution < 1.29 is 0 Å². The van der Waals surface area contributed by atoms with Crippen LogP contribution >= 0.6 is 0 Å². The monoisotopic (exact) mass is 263 g/mol. The van der Waals surface area contributed by atoms with E-state index in [1.165, 1.54) is 22.0 Å². The van der Waals surface area contributed by atoms with Gasteiger partial charge in [-0.3, -0.25) is 0 Å². The van der Waals surface area contributed by atoms with Gasteiger partial charge in [0.25, 0.3) is 0 Å². The minimum atomic E-state index is 0.707. The lowest BCUT2D eigenvalue weighted by molar-refractivity contribution is 0.648. The molecule has 0 saturated carbocycles. The van der Waals surface area contributed by atoms with Crippen LogP contribution in [0.2, 0.25) is 0 Å². The summed E-state index contributed by atoms with van der Waals surface area (Å²) in [7, 11) is 0. The second-order valence-corrected chi connectivity index (χ2v) is 5.92. The first-order chi connectivity index (χ1) is 9.72. The first kappa shape index (κ1) is 13.0. The maximum Gasteiger partial charge on any atom is 0.0483 e. The molecular weight excluding hydrogens is 242 g/mol. The summed E-state index contributed by atoms with van der Waals surface area (Å²) in [5.74, 6) is 0.707. The van der Waals surface area contributed by atoms with Crippen LogP contribution in [-0.2, 0) is 13.0 Å². The van der Waals surface area contributed by atoms with Crippen molar-refractivity contribution in [3.8, 4) is 0 Å². The van der Waals surface area contributed by atoms with Crippen LogP contribution in [0.5, 0.6) is 0 Å². The number of hydrogen-bond acceptors (Lipinski definition) is 0. The molecule has 0 unspecified atom stereocenters. The van der Waals surface area contributed by atoms with E-state index in [1.807, 2.05) is 0 Å². The zero-order valence-electron chi connectivity index (χ0n) is 12.2. The third-order valence-corrected chi connectivity index (χ3v) is 3.68. The molecule has 1 heteroatoms. The van der Waals surface area contributed by atoms with E-state index in [2.05, 4.69) is 79.2 Å². The molecule has 0 aliphatic rings. The Morgan fingerprint density at radius 2 is 1.70 bits per heavy atom. The predicted octanol–water partition coefficient (Wildman–Crippen LogP) is 4.89. The van der Waals surface area contributed by atoms with Gasteiger partial charge in [0.15, 0.2) is 0 Å². The van der Waals surface area contributed by atoms with E-state index in [0.717, 1.165) is 13.0 Å². The fourth-order valence-electron chi connectivity index (χ4n) is 2.77. The van der Waals surface area contributed by atoms with Gasteiger partial charge < -0.3 is 4.57 Å². The third-order valence-electron chi connectivity index (χ3n) is 3.68. The topological polar surface area (TPSA) is 4.93 Å². The summed E-state index contributed by atoms with van der Waals surface area (Å²) in [6, 6.07) is 19.7. The lowest BCUT2D eigenvalue weighted by atomic mass is 10.0. The van der Waals surface area contributed by atoms with Crippen molar-refractivity contribution in [2.24, 2.45) is 5.92 Å². The number of rotatable bonds is 4. The van der Waals surface area contributed by atoms with E-state index in [0.29, 0.717) is 5.92 Å². The van der Waals surface area contributed by atoms with Gasteiger partial charge in [0, 0.05) is 18.3 Å². The van der Waals surface area contributed by atoms with E-state index in [1.54, 1.807) is 0 Å². The van der Waals surface area contributed by atoms with Crippen LogP contribution in [0.25, 0.3) is 10.9 Å². The Morgan fingerprint density at radius 1 is 0.900 bits per heavy atom. The van der Waals surface area contributed by atoms with Crippen LogP contribution in [0.4, 0.5) is 0 Å². The molecule has 0 fully saturated rings. The first-order valence-electron chi connectivity index (χ1n) is 7.34. The van der Waals surface area contributed by atoms with Gasteiger partial charge in [0.05, 0.1) is 0 Å². The lowest BCUT2D eigenvalue weighted by Crippen LogP contribution is -1.98. The van der Waals surface area contributed by atoms with Crippen molar-refractivity contribution in [2.45, 2.75) is 26.8 Å². The molecule has 3 aromatic rings. The fraction of sp³-hybridized carbons (Fsp3) is 0.263. The zero-order chi connectivity index (χ0) is 13.9. The molecule has 3 rings (SSSR count). The largest absolute Gasteiger partial charge is 0.343 e. The van der Waals surface area contributed by atoms with Crippen molar-refractivity contribution in [2.75, 3.05) is 0 Å². The van der Waals surface area contributed by atoms with Gasteiger partial charge in [0.1, 0.15) is 0 Å². The second kappa shape index (κ2) is 5.54. The average Bonchev–Trinajstić information content (AvgIpc) is 2.82. The molecule has 0 saturated heterocycles. The van der Waals surface area contributed by atoms with E-state index in [-0.39, 0.29) is 0 Å². The maximum atomic E-state index is 2.33. The minimum absolute atomic E-state index is 0.707. The second-order valence-electron chi connectivity index (χ2n) is 5.92. The molecule has 0 N–H and O–H groups in total. The van der Waals surface area contributed by atoms with Crippen molar-refractivity contribution in [3.05, 3.63) is 71.9 Å². The average molecular weight is 263 g/mol. The van der Waals surface area contributed by atoms with Gasteiger partial charge >= 0.3 is 0 Å². The van der Waals surface area contributed by atoms with Gasteiger partial charge in [-0.1, -0.05) is 50.2 Å². The van der Waals surface area contributed by atoms with Crippen molar-refractivity contribution in [1.29, 1.82) is 0 Å². The van der Waals surface area contributed by atoms with Crippen LogP contribution < -0.4 is 0 Å². The van der Waals surface area contributed by atoms with Crippen LogP contribution in [0.15, 0.2) is 60.8 Å². The minimum Gasteiger partial charge on any atom is -0.343 e. The number of hydrogen-bond donors (Lipinski definition) is 0. The molecule has 0 aliphatic heterocycles. The molecule has 1 aromatic heterocycles. The van der Waals surface area contributed by atoms with Crippen LogP contribution in [0, 0.1) is 5.92 Å². The smallest absolute Gasteiger partial charge is 0.0483 e. The summed E-state index contributed by atoms with van der Waals surface area (Å²) in [6.45, 7) is 5.48. The molecule has 0 amide bonds. The Labute approximate surface area is 120 Å². The number of aromatic nitrogens is 1. The normalized spacial score (nSPS) is 11.3. The number of fused-ring (bicyclic) bond motifs is 1. The summed E-state index contributed by atoms with van der Waals surface area (Å²) in [6.07, 6.45) is 3.34. The van der Waals surface area contributed by atoms with Gasteiger partial charge in [-0.05, 0) is 47.1 Å². The quantitative estimate of drug-likeness (QED) is 0.631. The highest BCUT2D eigenvalue weighted by Gasteiger charge is 2.04. The maximum absolute atomic E-state index is 2.33. The third kappa shape index (κ3) is 2.77. The highest BCUT2D eigenvalue weighted by atomic mass is 14.9. The van der Waals surface area contributed by atoms with Gasteiger partial charge in [-0.2, -0.15) is 0 Å². The summed E-state index contributed by atoms with van der Waals surface area (Å²) < 4.78 is 2.32. The summed E-state index contributed by atoms with van der Waals surface area (Å²) >= 11 is 0. The Kier molecular flexibility index (Phi) is 3.60. The van der Waals surface area contributed by atoms with Crippen LogP contribution in [-0.4, -0.2) is 4.57 Å². The van der Waals surface area contributed by atoms with Gasteiger partial charge in [-0.15, -0.1) is 0 Å². The van der Waals surface area contributed by atoms with E-state index in [9.17, 15) is 0 Å². The zero-order valence-corrected chi connectivity index (χ0v) is 12.2. The van der Waals surface area contributed by atoms with E-state index >= 15 is 0 Å². The van der Waals surface area contributed by atoms with E-state index in [4.69, 9.17) is 0 Å². The van der Waals surface area contributed by atoms with Crippen molar-refractivity contribution in [3.63, 3.8) is 0 Å². The number of benzene rings is 2. The Balaban J connectivity index is 1.90. The Hall–Kier alpha value is -2.02. The SMILES string of the molecule is CC(C)Cc1ccc2c(ccn2Cc2ccccc2)c1. The Bertz CT molecular complexity index is 692. The van der Waals surface area contributed by atoms with Crippen LogP contribution in [0.3, 0.4) is 0 Å². The predicted molar refractivity (Wildman–Crippen MR) is 86.0 cm³/mol. The van der Waals surface area contributed by atoms with E-state index < -0.39 is 0 Å².